The molecule has 0 aliphatic carbocycles. The smallest absolute Gasteiger partial charge is 0.312 e. The lowest BCUT2D eigenvalue weighted by molar-refractivity contribution is -0.138. The summed E-state index contributed by atoms with van der Waals surface area (Å²) in [7, 11) is 0. The highest BCUT2D eigenvalue weighted by Crippen LogP contribution is 2.37. The molecule has 20 nitrogen and oxygen atoms in total. The van der Waals surface area contributed by atoms with Crippen LogP contribution in [-0.4, -0.2) is 172 Å². The number of aliphatic imine (C=N–C) groups is 1. The summed E-state index contributed by atoms with van der Waals surface area (Å²) in [5, 5.41) is 15.7. The molecule has 0 aromatic heterocycles. The van der Waals surface area contributed by atoms with Gasteiger partial charge in [0.05, 0.1) is 83.8 Å². The number of allylic oxidation sites excluding steroid dienone is 1. The molecule has 82 heavy (non-hydrogen) atoms. The van der Waals surface area contributed by atoms with E-state index >= 15 is 4.39 Å². The molecule has 0 spiro atoms. The third-order valence-corrected chi connectivity index (χ3v) is 13.7. The highest BCUT2D eigenvalue weighted by atomic mass is 19.1. The number of aliphatic hydroxyl groups is 1. The summed E-state index contributed by atoms with van der Waals surface area (Å²) < 4.78 is 57.2. The van der Waals surface area contributed by atoms with Gasteiger partial charge in [0.2, 0.25) is 11.8 Å². The molecular formula is C60H84F2N6O14. The van der Waals surface area contributed by atoms with Crippen molar-refractivity contribution in [1.29, 1.82) is 0 Å². The van der Waals surface area contributed by atoms with E-state index in [0.717, 1.165) is 28.7 Å². The Kier molecular flexibility index (Phi) is 30.1. The number of halogens is 2. The largest absolute Gasteiger partial charge is 0.387 e. The van der Waals surface area contributed by atoms with Crippen LogP contribution >= 0.6 is 0 Å². The van der Waals surface area contributed by atoms with E-state index < -0.39 is 77.2 Å². The second-order valence-electron chi connectivity index (χ2n) is 21.5. The number of hydrogen-bond acceptors (Lipinski definition) is 15. The first kappa shape index (κ1) is 68.1. The SMILES string of the molecule is CC(C)[C@H](CC(=O)CCOCCOCCOCCOCCOCCC(=O)CCN1C(=O)C=CC1=O)C(=O)N[C@@H](CCCNC(N)=O)C(=O)CCCCN(C(=O)CO)C(C1=NC(c2cc(F)ccc2F)=CC1Cc1ccccc1)C(C)(C)C. The minimum Gasteiger partial charge on any atom is -0.387 e. The number of carbonyl (C=O) groups excluding carboxylic acids is 8. The molecule has 0 saturated heterocycles. The predicted molar refractivity (Wildman–Crippen MR) is 302 cm³/mol. The molecule has 5 N–H and O–H groups in total. The van der Waals surface area contributed by atoms with Crippen molar-refractivity contribution in [2.75, 3.05) is 92.3 Å². The molecule has 22 heteroatoms. The molecule has 0 saturated carbocycles. The van der Waals surface area contributed by atoms with Crippen molar-refractivity contribution in [1.82, 2.24) is 20.4 Å². The molecule has 4 atom stereocenters. The average Bonchev–Trinajstić information content (AvgIpc) is 4.06. The lowest BCUT2D eigenvalue weighted by Gasteiger charge is -2.42. The summed E-state index contributed by atoms with van der Waals surface area (Å²) in [5.41, 5.74) is 6.32. The van der Waals surface area contributed by atoms with Crippen LogP contribution in [0.15, 0.2) is 71.8 Å². The predicted octanol–water partition coefficient (Wildman–Crippen LogP) is 5.51. The zero-order valence-electron chi connectivity index (χ0n) is 48.1. The molecule has 0 bridgehead atoms. The summed E-state index contributed by atoms with van der Waals surface area (Å²) in [6.45, 7) is 11.7. The van der Waals surface area contributed by atoms with Gasteiger partial charge in [0.15, 0.2) is 5.78 Å². The van der Waals surface area contributed by atoms with E-state index in [4.69, 9.17) is 34.4 Å². The fourth-order valence-electron chi connectivity index (χ4n) is 9.44. The van der Waals surface area contributed by atoms with E-state index in [9.17, 15) is 47.9 Å². The van der Waals surface area contributed by atoms with Gasteiger partial charge < -0.3 is 50.1 Å². The van der Waals surface area contributed by atoms with E-state index in [2.05, 4.69) is 10.6 Å². The topological polar surface area (TPSA) is 272 Å². The van der Waals surface area contributed by atoms with Crippen molar-refractivity contribution in [3.8, 4) is 0 Å². The standard InChI is InChI=1S/C60H84F2N6O14/c1-41(2)47(39-46(71)22-27-79-29-31-81-33-35-82-34-32-80-30-28-78-26-21-45(70)20-25-67-53(73)18-19-54(67)74)58(76)66-50(14-11-23-64-59(63)77)52(72)15-9-10-24-68(55(75)40-69)57(60(3,4)5)56-43(36-42-12-7-6-8-13-42)37-51(65-56)48-38-44(61)16-17-49(48)62/h6-8,12-13,16-19,37-38,41,43,47,50,57,69H,9-11,14-15,20-36,39-40H2,1-5H3,(H,66,76)(H3,63,64,77)/t43?,47-,50-,57?/m0/s1. The molecule has 2 aromatic carbocycles. The molecule has 452 valence electrons. The summed E-state index contributed by atoms with van der Waals surface area (Å²) >= 11 is 0. The van der Waals surface area contributed by atoms with Gasteiger partial charge in [-0.2, -0.15) is 0 Å². The summed E-state index contributed by atoms with van der Waals surface area (Å²) in [5.74, 6) is -5.18. The Morgan fingerprint density at radius 2 is 1.35 bits per heavy atom. The van der Waals surface area contributed by atoms with Crippen LogP contribution in [0.25, 0.3) is 5.70 Å². The number of nitrogens with two attached hydrogens (primary N) is 1. The number of nitrogens with zero attached hydrogens (tertiary/aromatic N) is 3. The van der Waals surface area contributed by atoms with Crippen molar-refractivity contribution >= 4 is 58.4 Å². The maximum Gasteiger partial charge on any atom is 0.312 e. The Morgan fingerprint density at radius 1 is 0.768 bits per heavy atom. The number of ether oxygens (including phenoxy) is 5. The number of aliphatic hydroxyl groups excluding tert-OH is 1. The monoisotopic (exact) mass is 1150 g/mol. The Balaban J connectivity index is 1.20. The lowest BCUT2D eigenvalue weighted by Crippen LogP contribution is -2.54. The van der Waals surface area contributed by atoms with Gasteiger partial charge in [0.1, 0.15) is 29.8 Å². The second kappa shape index (κ2) is 36.2. The Hall–Kier alpha value is -6.43. The number of primary amides is 1. The maximum absolute atomic E-state index is 15.2. The molecule has 2 aromatic rings. The number of nitrogens with one attached hydrogen (secondary N) is 2. The van der Waals surface area contributed by atoms with Crippen LogP contribution in [0, 0.1) is 34.8 Å². The molecule has 0 fully saturated rings. The molecule has 2 unspecified atom stereocenters. The molecule has 4 rings (SSSR count). The van der Waals surface area contributed by atoms with Gasteiger partial charge in [-0.05, 0) is 73.3 Å². The third-order valence-electron chi connectivity index (χ3n) is 13.7. The van der Waals surface area contributed by atoms with Crippen molar-refractivity contribution in [2.45, 2.75) is 111 Å². The zero-order chi connectivity index (χ0) is 60.0. The Bertz CT molecular complexity index is 2500. The van der Waals surface area contributed by atoms with E-state index in [0.29, 0.717) is 71.0 Å². The van der Waals surface area contributed by atoms with Gasteiger partial charge in [0.25, 0.3) is 11.8 Å². The number of unbranched alkanes of at least 4 members (excludes halogenated alkanes) is 1. The molecular weight excluding hydrogens is 1070 g/mol. The van der Waals surface area contributed by atoms with Gasteiger partial charge >= 0.3 is 6.03 Å². The van der Waals surface area contributed by atoms with Crippen molar-refractivity contribution in [2.24, 2.45) is 33.9 Å². The lowest BCUT2D eigenvalue weighted by atomic mass is 9.77. The number of amides is 6. The van der Waals surface area contributed by atoms with E-state index in [1.807, 2.05) is 65.0 Å². The van der Waals surface area contributed by atoms with E-state index in [1.165, 1.54) is 12.2 Å². The number of hydrogen-bond donors (Lipinski definition) is 4. The summed E-state index contributed by atoms with van der Waals surface area (Å²) in [6.07, 6.45) is 5.93. The fourth-order valence-corrected chi connectivity index (χ4v) is 9.44. The number of benzene rings is 2. The Morgan fingerprint density at radius 3 is 1.91 bits per heavy atom. The normalized spacial score (nSPS) is 15.3. The first-order valence-electron chi connectivity index (χ1n) is 28.2. The quantitative estimate of drug-likeness (QED) is 0.0472. The molecule has 2 heterocycles. The van der Waals surface area contributed by atoms with Crippen LogP contribution < -0.4 is 16.4 Å². The van der Waals surface area contributed by atoms with Crippen LogP contribution in [0.5, 0.6) is 0 Å². The van der Waals surface area contributed by atoms with Crippen LogP contribution in [-0.2, 0) is 63.7 Å². The third kappa shape index (κ3) is 24.2. The van der Waals surface area contributed by atoms with Crippen LogP contribution in [0.4, 0.5) is 13.6 Å². The summed E-state index contributed by atoms with van der Waals surface area (Å²) in [6, 6.07) is 10.3. The van der Waals surface area contributed by atoms with E-state index in [1.54, 1.807) is 11.0 Å². The van der Waals surface area contributed by atoms with Crippen LogP contribution in [0.2, 0.25) is 0 Å². The van der Waals surface area contributed by atoms with Crippen LogP contribution in [0.3, 0.4) is 0 Å². The van der Waals surface area contributed by atoms with Gasteiger partial charge in [-0.25, -0.2) is 13.6 Å². The van der Waals surface area contributed by atoms with Crippen molar-refractivity contribution < 1.29 is 75.9 Å². The van der Waals surface area contributed by atoms with Crippen molar-refractivity contribution in [3.05, 3.63) is 89.5 Å². The van der Waals surface area contributed by atoms with Gasteiger partial charge in [-0.1, -0.05) is 65.0 Å². The minimum absolute atomic E-state index is 0.00868. The molecule has 6 amide bonds. The molecule has 2 aliphatic rings. The number of ketones is 3. The van der Waals surface area contributed by atoms with E-state index in [-0.39, 0.29) is 119 Å². The second-order valence-corrected chi connectivity index (χ2v) is 21.5. The van der Waals surface area contributed by atoms with Gasteiger partial charge in [-0.15, -0.1) is 0 Å². The number of carbonyl (C=O) groups is 8. The average molecular weight is 1150 g/mol. The first-order chi connectivity index (χ1) is 39.2. The molecule has 2 aliphatic heterocycles. The first-order valence-corrected chi connectivity index (χ1v) is 28.2. The Labute approximate surface area is 479 Å². The van der Waals surface area contributed by atoms with Crippen molar-refractivity contribution in [3.63, 3.8) is 0 Å². The zero-order valence-corrected chi connectivity index (χ0v) is 48.1. The van der Waals surface area contributed by atoms with Gasteiger partial charge in [0, 0.05) is 87.0 Å². The fraction of sp³-hybridized carbons (Fsp3) is 0.583. The maximum atomic E-state index is 15.2. The van der Waals surface area contributed by atoms with Crippen LogP contribution in [0.1, 0.15) is 104 Å². The number of rotatable bonds is 42. The van der Waals surface area contributed by atoms with Gasteiger partial charge in [-0.3, -0.25) is 43.5 Å². The minimum atomic E-state index is -0.958. The highest BCUT2D eigenvalue weighted by Gasteiger charge is 2.42. The molecule has 0 radical (unpaired) electrons. The number of imide groups is 1. The summed E-state index contributed by atoms with van der Waals surface area (Å²) in [4.78, 5) is 109. The highest BCUT2D eigenvalue weighted by molar-refractivity contribution is 6.13. The number of urea groups is 1. The number of Topliss-reactive ketones (excluding diaryl/α,β-unsaturated/α-hetero) is 3.